The van der Waals surface area contributed by atoms with Crippen molar-refractivity contribution < 1.29 is 26.4 Å². The molecule has 0 spiro atoms. The molecule has 0 bridgehead atoms. The van der Waals surface area contributed by atoms with E-state index in [1.807, 2.05) is 13.8 Å². The molecule has 2 saturated heterocycles. The lowest BCUT2D eigenvalue weighted by Gasteiger charge is -2.40. The molecule has 2 amide bonds. The van der Waals surface area contributed by atoms with Gasteiger partial charge in [0.15, 0.2) is 0 Å². The fraction of sp³-hybridized carbons (Fsp3) is 0.588. The van der Waals surface area contributed by atoms with Gasteiger partial charge in [-0.05, 0) is 38.1 Å². The Bertz CT molecular complexity index is 964. The van der Waals surface area contributed by atoms with Crippen molar-refractivity contribution in [2.45, 2.75) is 31.0 Å². The second-order valence-corrected chi connectivity index (χ2v) is 11.0. The lowest BCUT2D eigenvalue weighted by Crippen LogP contribution is -2.58. The number of nitrogens with zero attached hydrogens (tertiary/aromatic N) is 3. The van der Waals surface area contributed by atoms with Crippen LogP contribution in [0.1, 0.15) is 13.8 Å². The van der Waals surface area contributed by atoms with E-state index in [0.717, 1.165) is 0 Å². The SMILES string of the molecule is CC1CN(S(=O)(=O)N2CCN(C(=O)Nc3ccc(S(N)(=O)=O)cc3)CC2)CC(C)O1. The van der Waals surface area contributed by atoms with E-state index < -0.39 is 20.2 Å². The average Bonchev–Trinajstić information content (AvgIpc) is 2.67. The van der Waals surface area contributed by atoms with E-state index in [4.69, 9.17) is 9.88 Å². The van der Waals surface area contributed by atoms with Crippen LogP contribution < -0.4 is 10.5 Å². The monoisotopic (exact) mass is 461 g/mol. The first kappa shape index (κ1) is 22.9. The molecule has 2 atom stereocenters. The van der Waals surface area contributed by atoms with Gasteiger partial charge in [-0.1, -0.05) is 0 Å². The van der Waals surface area contributed by atoms with Gasteiger partial charge >= 0.3 is 6.03 Å². The molecule has 13 heteroatoms. The standard InChI is InChI=1S/C17H27N5O6S2/c1-13-11-22(12-14(2)28-13)30(26,27)21-9-7-20(8-10-21)17(23)19-15-3-5-16(6-4-15)29(18,24)25/h3-6,13-14H,7-12H2,1-2H3,(H,19,23)(H2,18,24,25). The van der Waals surface area contributed by atoms with Crippen LogP contribution in [-0.4, -0.2) is 87.9 Å². The van der Waals surface area contributed by atoms with Gasteiger partial charge in [0.25, 0.3) is 10.2 Å². The molecule has 2 aliphatic rings. The summed E-state index contributed by atoms with van der Waals surface area (Å²) in [6, 6.07) is 5.11. The zero-order valence-corrected chi connectivity index (χ0v) is 18.5. The number of primary sulfonamides is 1. The number of morpholine rings is 1. The largest absolute Gasteiger partial charge is 0.373 e. The van der Waals surface area contributed by atoms with E-state index >= 15 is 0 Å². The maximum Gasteiger partial charge on any atom is 0.321 e. The summed E-state index contributed by atoms with van der Waals surface area (Å²) >= 11 is 0. The second-order valence-electron chi connectivity index (χ2n) is 7.47. The molecule has 168 valence electrons. The molecule has 30 heavy (non-hydrogen) atoms. The maximum atomic E-state index is 12.9. The van der Waals surface area contributed by atoms with E-state index in [-0.39, 0.29) is 49.3 Å². The van der Waals surface area contributed by atoms with Crippen molar-refractivity contribution in [1.82, 2.24) is 13.5 Å². The summed E-state index contributed by atoms with van der Waals surface area (Å²) in [5.74, 6) is 0. The van der Waals surface area contributed by atoms with Crippen LogP contribution in [0.15, 0.2) is 29.2 Å². The minimum atomic E-state index is -3.80. The third-order valence-electron chi connectivity index (χ3n) is 5.00. The van der Waals surface area contributed by atoms with Crippen molar-refractivity contribution in [2.75, 3.05) is 44.6 Å². The van der Waals surface area contributed by atoms with E-state index in [1.165, 1.54) is 37.8 Å². The Kier molecular flexibility index (Phi) is 6.69. The Hall–Kier alpha value is -1.77. The van der Waals surface area contributed by atoms with Crippen LogP contribution in [0.5, 0.6) is 0 Å². The molecule has 2 unspecified atom stereocenters. The molecule has 2 heterocycles. The highest BCUT2D eigenvalue weighted by atomic mass is 32.2. The van der Waals surface area contributed by atoms with Gasteiger partial charge < -0.3 is 15.0 Å². The topological polar surface area (TPSA) is 142 Å². The number of benzene rings is 1. The van der Waals surface area contributed by atoms with Crippen molar-refractivity contribution in [3.8, 4) is 0 Å². The number of nitrogens with one attached hydrogen (secondary N) is 1. The molecular weight excluding hydrogens is 434 g/mol. The molecule has 2 fully saturated rings. The lowest BCUT2D eigenvalue weighted by molar-refractivity contribution is -0.0456. The van der Waals surface area contributed by atoms with E-state index in [0.29, 0.717) is 18.8 Å². The number of urea groups is 1. The molecule has 11 nitrogen and oxygen atoms in total. The van der Waals surface area contributed by atoms with E-state index in [9.17, 15) is 21.6 Å². The number of carbonyl (C=O) groups excluding carboxylic acids is 1. The summed E-state index contributed by atoms with van der Waals surface area (Å²) in [5.41, 5.74) is 0.416. The first-order valence-electron chi connectivity index (χ1n) is 9.56. The van der Waals surface area contributed by atoms with Gasteiger partial charge in [-0.25, -0.2) is 18.4 Å². The van der Waals surface area contributed by atoms with Crippen LogP contribution in [0.3, 0.4) is 0 Å². The molecule has 2 aliphatic heterocycles. The minimum absolute atomic E-state index is 0.0499. The van der Waals surface area contributed by atoms with Crippen molar-refractivity contribution in [3.05, 3.63) is 24.3 Å². The highest BCUT2D eigenvalue weighted by molar-refractivity contribution is 7.89. The van der Waals surface area contributed by atoms with Gasteiger partial charge in [0.1, 0.15) is 0 Å². The van der Waals surface area contributed by atoms with Crippen molar-refractivity contribution in [3.63, 3.8) is 0 Å². The third-order valence-corrected chi connectivity index (χ3v) is 7.90. The molecule has 0 saturated carbocycles. The molecule has 3 rings (SSSR count). The van der Waals surface area contributed by atoms with Crippen LogP contribution in [0, 0.1) is 0 Å². The number of rotatable bonds is 4. The first-order valence-corrected chi connectivity index (χ1v) is 12.5. The van der Waals surface area contributed by atoms with Crippen LogP contribution in [0.25, 0.3) is 0 Å². The highest BCUT2D eigenvalue weighted by Gasteiger charge is 2.37. The van der Waals surface area contributed by atoms with Crippen LogP contribution in [0.2, 0.25) is 0 Å². The highest BCUT2D eigenvalue weighted by Crippen LogP contribution is 2.19. The van der Waals surface area contributed by atoms with Crippen molar-refractivity contribution >= 4 is 32.0 Å². The van der Waals surface area contributed by atoms with Crippen LogP contribution >= 0.6 is 0 Å². The predicted molar refractivity (Wildman–Crippen MR) is 110 cm³/mol. The van der Waals surface area contributed by atoms with Gasteiger partial charge in [-0.15, -0.1) is 0 Å². The quantitative estimate of drug-likeness (QED) is 0.638. The number of anilines is 1. The Morgan fingerprint density at radius 1 is 0.967 bits per heavy atom. The van der Waals surface area contributed by atoms with Crippen LogP contribution in [-0.2, 0) is 25.0 Å². The number of nitrogens with two attached hydrogens (primary N) is 1. The second kappa shape index (κ2) is 8.77. The van der Waals surface area contributed by atoms with Gasteiger partial charge in [-0.3, -0.25) is 0 Å². The van der Waals surface area contributed by atoms with Gasteiger partial charge in [0.2, 0.25) is 10.0 Å². The maximum absolute atomic E-state index is 12.9. The zero-order valence-electron chi connectivity index (χ0n) is 16.9. The fourth-order valence-electron chi connectivity index (χ4n) is 3.53. The summed E-state index contributed by atoms with van der Waals surface area (Å²) in [7, 11) is -7.42. The summed E-state index contributed by atoms with van der Waals surface area (Å²) in [6.45, 7) is 5.18. The van der Waals surface area contributed by atoms with Crippen molar-refractivity contribution in [1.29, 1.82) is 0 Å². The summed E-state index contributed by atoms with van der Waals surface area (Å²) in [5, 5.41) is 7.73. The molecule has 0 radical (unpaired) electrons. The Morgan fingerprint density at radius 2 is 1.50 bits per heavy atom. The molecule has 0 aromatic heterocycles. The van der Waals surface area contributed by atoms with Crippen molar-refractivity contribution in [2.24, 2.45) is 5.14 Å². The number of piperazine rings is 1. The summed E-state index contributed by atoms with van der Waals surface area (Å²) < 4.78 is 56.9. The third kappa shape index (κ3) is 5.28. The summed E-state index contributed by atoms with van der Waals surface area (Å²) in [6.07, 6.45) is -0.340. The smallest absolute Gasteiger partial charge is 0.321 e. The average molecular weight is 462 g/mol. The normalized spacial score (nSPS) is 24.6. The number of hydrogen-bond donors (Lipinski definition) is 2. The Balaban J connectivity index is 1.56. The van der Waals surface area contributed by atoms with Crippen LogP contribution in [0.4, 0.5) is 10.5 Å². The Morgan fingerprint density at radius 3 is 2.00 bits per heavy atom. The summed E-state index contributed by atoms with van der Waals surface area (Å²) in [4.78, 5) is 13.9. The number of hydrogen-bond acceptors (Lipinski definition) is 6. The molecule has 1 aromatic carbocycles. The molecule has 1 aromatic rings. The van der Waals surface area contributed by atoms with E-state index in [2.05, 4.69) is 5.32 Å². The minimum Gasteiger partial charge on any atom is -0.373 e. The van der Waals surface area contributed by atoms with Gasteiger partial charge in [0, 0.05) is 45.0 Å². The Labute approximate surface area is 177 Å². The first-order chi connectivity index (χ1) is 14.0. The molecule has 3 N–H and O–H groups in total. The number of carbonyl (C=O) groups is 1. The molecule has 0 aliphatic carbocycles. The molecular formula is C17H27N5O6S2. The fourth-order valence-corrected chi connectivity index (χ4v) is 5.80. The number of amides is 2. The van der Waals surface area contributed by atoms with Gasteiger partial charge in [0.05, 0.1) is 17.1 Å². The zero-order chi connectivity index (χ0) is 22.1. The number of ether oxygens (including phenoxy) is 1. The number of sulfonamides is 1. The lowest BCUT2D eigenvalue weighted by atomic mass is 10.3. The predicted octanol–water partition coefficient (Wildman–Crippen LogP) is -0.162. The van der Waals surface area contributed by atoms with Gasteiger partial charge in [-0.2, -0.15) is 17.0 Å². The van der Waals surface area contributed by atoms with E-state index in [1.54, 1.807) is 0 Å².